The van der Waals surface area contributed by atoms with Crippen LogP contribution in [0.5, 0.6) is 0 Å². The summed E-state index contributed by atoms with van der Waals surface area (Å²) in [6.45, 7) is 4.31. The first kappa shape index (κ1) is 14.8. The second-order valence-corrected chi connectivity index (χ2v) is 9.51. The maximum absolute atomic E-state index is 12.4. The predicted octanol–water partition coefficient (Wildman–Crippen LogP) is 4.59. The monoisotopic (exact) mass is 402 g/mol. The molecule has 7 unspecified atom stereocenters. The van der Waals surface area contributed by atoms with Gasteiger partial charge in [0.15, 0.2) is 0 Å². The zero-order valence-electron chi connectivity index (χ0n) is 13.2. The van der Waals surface area contributed by atoms with Gasteiger partial charge in [0.2, 0.25) is 0 Å². The Bertz CT molecular complexity index is 450. The van der Waals surface area contributed by atoms with E-state index in [-0.39, 0.29) is 15.5 Å². The van der Waals surface area contributed by atoms with Gasteiger partial charge in [0.1, 0.15) is 9.53 Å². The predicted molar refractivity (Wildman–Crippen MR) is 91.2 cm³/mol. The van der Waals surface area contributed by atoms with Gasteiger partial charge in [-0.15, -0.1) is 0 Å². The van der Waals surface area contributed by atoms with E-state index in [0.717, 1.165) is 48.9 Å². The van der Waals surface area contributed by atoms with Gasteiger partial charge >= 0.3 is 5.97 Å². The Morgan fingerprint density at radius 1 is 1.19 bits per heavy atom. The maximum atomic E-state index is 12.4. The Labute approximate surface area is 141 Å². The molecular weight excluding hydrogens is 375 g/mol. The van der Waals surface area contributed by atoms with Crippen LogP contribution in [-0.4, -0.2) is 15.5 Å². The third kappa shape index (κ3) is 1.98. The molecule has 4 rings (SSSR count). The highest BCUT2D eigenvalue weighted by Gasteiger charge is 2.67. The highest BCUT2D eigenvalue weighted by atomic mass is 127. The summed E-state index contributed by atoms with van der Waals surface area (Å²) in [7, 11) is 0. The van der Waals surface area contributed by atoms with E-state index in [9.17, 15) is 4.79 Å². The lowest BCUT2D eigenvalue weighted by Crippen LogP contribution is -2.48. The van der Waals surface area contributed by atoms with Gasteiger partial charge in [-0.05, 0) is 74.5 Å². The van der Waals surface area contributed by atoms with Crippen molar-refractivity contribution in [2.75, 3.05) is 0 Å². The van der Waals surface area contributed by atoms with Crippen molar-refractivity contribution in [3.63, 3.8) is 0 Å². The van der Waals surface area contributed by atoms with Crippen LogP contribution in [0, 0.1) is 35.5 Å². The number of halogens is 1. The average molecular weight is 402 g/mol. The molecule has 0 radical (unpaired) electrons. The Kier molecular flexibility index (Phi) is 3.59. The van der Waals surface area contributed by atoms with Crippen molar-refractivity contribution >= 4 is 28.6 Å². The third-order valence-corrected chi connectivity index (χ3v) is 8.80. The molecule has 0 aromatic heterocycles. The van der Waals surface area contributed by atoms with Crippen molar-refractivity contribution in [2.24, 2.45) is 35.5 Å². The molecule has 118 valence electrons. The topological polar surface area (TPSA) is 26.3 Å². The van der Waals surface area contributed by atoms with Crippen LogP contribution >= 0.6 is 22.6 Å². The lowest BCUT2D eigenvalue weighted by atomic mass is 9.65. The van der Waals surface area contributed by atoms with Crippen LogP contribution in [0.2, 0.25) is 0 Å². The van der Waals surface area contributed by atoms with E-state index in [2.05, 4.69) is 36.4 Å². The standard InChI is InChI=1S/C18H27IO2/c1-3-14(19)17(20)21-18(4-2)9-12-8-13(18)16-11-6-5-10(7-11)15(12)16/h10-16H,3-9H2,1-2H3/t10?,11-,12?,13?,14?,15?,16?,18?/m1/s1. The molecule has 4 aliphatic rings. The summed E-state index contributed by atoms with van der Waals surface area (Å²) in [4.78, 5) is 12.4. The molecule has 0 aromatic carbocycles. The smallest absolute Gasteiger partial charge is 0.319 e. The number of carbonyl (C=O) groups excluding carboxylic acids is 1. The fourth-order valence-corrected chi connectivity index (χ4v) is 6.85. The Hall–Kier alpha value is 0.200. The van der Waals surface area contributed by atoms with Crippen molar-refractivity contribution in [2.45, 2.75) is 68.3 Å². The lowest BCUT2D eigenvalue weighted by molar-refractivity contribution is -0.171. The minimum atomic E-state index is -0.105. The minimum Gasteiger partial charge on any atom is -0.458 e. The van der Waals surface area contributed by atoms with Crippen molar-refractivity contribution in [3.8, 4) is 0 Å². The Morgan fingerprint density at radius 2 is 1.90 bits per heavy atom. The van der Waals surface area contributed by atoms with Crippen LogP contribution in [0.4, 0.5) is 0 Å². The molecule has 0 aliphatic heterocycles. The van der Waals surface area contributed by atoms with E-state index in [0.29, 0.717) is 5.92 Å². The molecule has 21 heavy (non-hydrogen) atoms. The van der Waals surface area contributed by atoms with E-state index in [1.54, 1.807) is 0 Å². The third-order valence-electron chi connectivity index (χ3n) is 7.41. The molecule has 4 saturated carbocycles. The summed E-state index contributed by atoms with van der Waals surface area (Å²) in [6, 6.07) is 0. The molecule has 4 aliphatic carbocycles. The van der Waals surface area contributed by atoms with Gasteiger partial charge < -0.3 is 4.74 Å². The van der Waals surface area contributed by atoms with E-state index in [1.165, 1.54) is 25.7 Å². The van der Waals surface area contributed by atoms with E-state index < -0.39 is 0 Å². The fraction of sp³-hybridized carbons (Fsp3) is 0.944. The second kappa shape index (κ2) is 5.10. The Balaban J connectivity index is 1.57. The number of alkyl halides is 1. The normalized spacial score (nSPS) is 51.2. The van der Waals surface area contributed by atoms with E-state index in [4.69, 9.17) is 4.74 Å². The molecule has 2 nitrogen and oxygen atoms in total. The molecule has 0 heterocycles. The molecule has 0 saturated heterocycles. The number of ether oxygens (including phenoxy) is 1. The first-order valence-corrected chi connectivity index (χ1v) is 10.2. The minimum absolute atomic E-state index is 0.0287. The van der Waals surface area contributed by atoms with E-state index in [1.807, 2.05) is 0 Å². The number of fused-ring (bicyclic) bond motifs is 9. The summed E-state index contributed by atoms with van der Waals surface area (Å²) in [5.41, 5.74) is -0.105. The Morgan fingerprint density at radius 3 is 2.57 bits per heavy atom. The van der Waals surface area contributed by atoms with Crippen LogP contribution in [0.3, 0.4) is 0 Å². The summed E-state index contributed by atoms with van der Waals surface area (Å²) in [5.74, 6) is 5.45. The number of esters is 1. The van der Waals surface area contributed by atoms with Crippen LogP contribution in [0.1, 0.15) is 58.8 Å². The fourth-order valence-electron chi connectivity index (χ4n) is 6.72. The summed E-state index contributed by atoms with van der Waals surface area (Å²) >= 11 is 2.25. The molecule has 0 spiro atoms. The van der Waals surface area contributed by atoms with Gasteiger partial charge in [-0.25, -0.2) is 0 Å². The average Bonchev–Trinajstić information content (AvgIpc) is 3.23. The first-order chi connectivity index (χ1) is 10.1. The van der Waals surface area contributed by atoms with Crippen LogP contribution in [0.25, 0.3) is 0 Å². The number of rotatable bonds is 4. The number of hydrogen-bond acceptors (Lipinski definition) is 2. The van der Waals surface area contributed by atoms with Crippen LogP contribution in [-0.2, 0) is 9.53 Å². The highest BCUT2D eigenvalue weighted by molar-refractivity contribution is 14.1. The van der Waals surface area contributed by atoms with Crippen molar-refractivity contribution < 1.29 is 9.53 Å². The molecule has 0 amide bonds. The van der Waals surface area contributed by atoms with Crippen molar-refractivity contribution in [1.29, 1.82) is 0 Å². The van der Waals surface area contributed by atoms with Gasteiger partial charge in [0.05, 0.1) is 0 Å². The maximum Gasteiger partial charge on any atom is 0.319 e. The lowest BCUT2D eigenvalue weighted by Gasteiger charge is -2.45. The van der Waals surface area contributed by atoms with Gasteiger partial charge in [-0.3, -0.25) is 4.79 Å². The quantitative estimate of drug-likeness (QED) is 0.298. The first-order valence-electron chi connectivity index (χ1n) is 8.96. The zero-order chi connectivity index (χ0) is 14.8. The number of carbonyl (C=O) groups is 1. The molecule has 0 N–H and O–H groups in total. The molecule has 3 heteroatoms. The largest absolute Gasteiger partial charge is 0.458 e. The van der Waals surface area contributed by atoms with Crippen LogP contribution < -0.4 is 0 Å². The summed E-state index contributed by atoms with van der Waals surface area (Å²) in [5, 5.41) is 0. The molecule has 4 fully saturated rings. The van der Waals surface area contributed by atoms with Gasteiger partial charge in [-0.2, -0.15) is 0 Å². The molecule has 0 aromatic rings. The second-order valence-electron chi connectivity index (χ2n) is 8.01. The van der Waals surface area contributed by atoms with Crippen LogP contribution in [0.15, 0.2) is 0 Å². The molecular formula is C18H27IO2. The van der Waals surface area contributed by atoms with Gasteiger partial charge in [0, 0.05) is 5.92 Å². The summed E-state index contributed by atoms with van der Waals surface area (Å²) in [6.07, 6.45) is 8.84. The SMILES string of the molecule is CCC(I)C(=O)OC1(CC)CC2CC1C1C2C2CC[C@@H]1C2. The summed E-state index contributed by atoms with van der Waals surface area (Å²) < 4.78 is 6.23. The zero-order valence-corrected chi connectivity index (χ0v) is 15.3. The highest BCUT2D eigenvalue weighted by Crippen LogP contribution is 2.70. The molecule has 4 bridgehead atoms. The van der Waals surface area contributed by atoms with E-state index >= 15 is 0 Å². The van der Waals surface area contributed by atoms with Gasteiger partial charge in [0.25, 0.3) is 0 Å². The van der Waals surface area contributed by atoms with Crippen molar-refractivity contribution in [1.82, 2.24) is 0 Å². The van der Waals surface area contributed by atoms with Crippen molar-refractivity contribution in [3.05, 3.63) is 0 Å². The number of hydrogen-bond donors (Lipinski definition) is 0. The molecule has 8 atom stereocenters. The van der Waals surface area contributed by atoms with Gasteiger partial charge in [-0.1, -0.05) is 36.4 Å².